The molecular formula is C37H24F3N3OS. The standard InChI is InChI=1S/C37H24F3N3OS/c38-37(39,40)25-22-31(24-11-9-16-28(21-24)43(26-12-3-1-4-13-26)27-14-5-2-6-15-27)41-32(23-25)29-18-10-20-34-35(29)42-36(45-34)30-17-7-8-19-33(30)44/h1-23,44H. The summed E-state index contributed by atoms with van der Waals surface area (Å²) in [5.74, 6) is 0.0810. The molecule has 4 nitrogen and oxygen atoms in total. The summed E-state index contributed by atoms with van der Waals surface area (Å²) in [6, 6.07) is 41.3. The van der Waals surface area contributed by atoms with Gasteiger partial charge in [0.15, 0.2) is 0 Å². The number of anilines is 3. The van der Waals surface area contributed by atoms with Crippen LogP contribution in [0.15, 0.2) is 140 Å². The lowest BCUT2D eigenvalue weighted by Crippen LogP contribution is -2.10. The zero-order chi connectivity index (χ0) is 31.0. The molecule has 0 fully saturated rings. The Bertz CT molecular complexity index is 2090. The summed E-state index contributed by atoms with van der Waals surface area (Å²) in [6.45, 7) is 0. The number of nitrogens with zero attached hydrogens (tertiary/aromatic N) is 3. The molecule has 0 amide bonds. The summed E-state index contributed by atoms with van der Waals surface area (Å²) in [5, 5.41) is 11.0. The monoisotopic (exact) mass is 615 g/mol. The second-order valence-electron chi connectivity index (χ2n) is 10.4. The summed E-state index contributed by atoms with van der Waals surface area (Å²) in [5.41, 5.74) is 4.24. The van der Waals surface area contributed by atoms with Gasteiger partial charge in [0, 0.05) is 28.2 Å². The maximum absolute atomic E-state index is 14.3. The van der Waals surface area contributed by atoms with Gasteiger partial charge in [0.05, 0.1) is 32.7 Å². The van der Waals surface area contributed by atoms with Crippen LogP contribution in [0.2, 0.25) is 0 Å². The molecule has 0 saturated heterocycles. The second kappa shape index (κ2) is 11.6. The SMILES string of the molecule is Oc1ccccc1-c1nc2c(-c3cc(C(F)(F)F)cc(-c4cccc(N(c5ccccc5)c5ccccc5)c4)n3)cccc2s1. The lowest BCUT2D eigenvalue weighted by Gasteiger charge is -2.26. The van der Waals surface area contributed by atoms with Crippen molar-refractivity contribution in [1.29, 1.82) is 0 Å². The Hall–Kier alpha value is -5.47. The van der Waals surface area contributed by atoms with Gasteiger partial charge in [-0.2, -0.15) is 13.2 Å². The number of thiazole rings is 1. The second-order valence-corrected chi connectivity index (χ2v) is 11.4. The minimum Gasteiger partial charge on any atom is -0.507 e. The number of benzene rings is 5. The molecule has 0 radical (unpaired) electrons. The lowest BCUT2D eigenvalue weighted by atomic mass is 10.0. The van der Waals surface area contributed by atoms with Gasteiger partial charge in [0.2, 0.25) is 0 Å². The fraction of sp³-hybridized carbons (Fsp3) is 0.0270. The molecule has 1 N–H and O–H groups in total. The van der Waals surface area contributed by atoms with Crippen molar-refractivity contribution < 1.29 is 18.3 Å². The minimum atomic E-state index is -4.60. The Morgan fingerprint density at radius 3 is 1.87 bits per heavy atom. The van der Waals surface area contributed by atoms with E-state index in [4.69, 9.17) is 9.97 Å². The summed E-state index contributed by atoms with van der Waals surface area (Å²) < 4.78 is 43.8. The average Bonchev–Trinajstić information content (AvgIpc) is 3.50. The van der Waals surface area contributed by atoms with E-state index < -0.39 is 11.7 Å². The molecule has 0 aliphatic rings. The lowest BCUT2D eigenvalue weighted by molar-refractivity contribution is -0.137. The molecule has 5 aromatic carbocycles. The zero-order valence-electron chi connectivity index (χ0n) is 23.6. The van der Waals surface area contributed by atoms with E-state index in [-0.39, 0.29) is 17.1 Å². The average molecular weight is 616 g/mol. The number of aromatic nitrogens is 2. The number of hydrogen-bond acceptors (Lipinski definition) is 5. The molecule has 2 heterocycles. The van der Waals surface area contributed by atoms with Crippen molar-refractivity contribution in [3.8, 4) is 38.8 Å². The molecule has 0 spiro atoms. The number of pyridine rings is 1. The number of phenolic OH excluding ortho intramolecular Hbond substituents is 1. The van der Waals surface area contributed by atoms with Crippen LogP contribution in [0.4, 0.5) is 30.2 Å². The number of phenols is 1. The van der Waals surface area contributed by atoms with Crippen LogP contribution in [0.3, 0.4) is 0 Å². The van der Waals surface area contributed by atoms with Crippen LogP contribution in [0.5, 0.6) is 5.75 Å². The first-order valence-corrected chi connectivity index (χ1v) is 14.9. The van der Waals surface area contributed by atoms with Gasteiger partial charge in [0.1, 0.15) is 10.8 Å². The van der Waals surface area contributed by atoms with Gasteiger partial charge in [0.25, 0.3) is 0 Å². The van der Waals surface area contributed by atoms with Crippen LogP contribution >= 0.6 is 11.3 Å². The van der Waals surface area contributed by atoms with Crippen molar-refractivity contribution in [3.63, 3.8) is 0 Å². The number of para-hydroxylation sites is 4. The summed E-state index contributed by atoms with van der Waals surface area (Å²) in [4.78, 5) is 11.6. The molecular weight excluding hydrogens is 591 g/mol. The third-order valence-corrected chi connectivity index (χ3v) is 8.46. The highest BCUT2D eigenvalue weighted by Gasteiger charge is 2.32. The summed E-state index contributed by atoms with van der Waals surface area (Å²) in [6.07, 6.45) is -4.60. The fourth-order valence-corrected chi connectivity index (χ4v) is 6.34. The predicted molar refractivity (Wildman–Crippen MR) is 175 cm³/mol. The molecule has 220 valence electrons. The fourth-order valence-electron chi connectivity index (χ4n) is 5.31. The number of fused-ring (bicyclic) bond motifs is 1. The molecule has 0 saturated carbocycles. The highest BCUT2D eigenvalue weighted by molar-refractivity contribution is 7.21. The van der Waals surface area contributed by atoms with Crippen LogP contribution in [0, 0.1) is 0 Å². The van der Waals surface area contributed by atoms with E-state index in [9.17, 15) is 18.3 Å². The highest BCUT2D eigenvalue weighted by atomic mass is 32.1. The molecule has 8 heteroatoms. The number of hydrogen-bond donors (Lipinski definition) is 1. The number of halogens is 3. The van der Waals surface area contributed by atoms with E-state index in [1.54, 1.807) is 42.5 Å². The van der Waals surface area contributed by atoms with Gasteiger partial charge in [-0.3, -0.25) is 0 Å². The van der Waals surface area contributed by atoms with E-state index in [1.807, 2.05) is 84.9 Å². The first kappa shape index (κ1) is 28.3. The molecule has 45 heavy (non-hydrogen) atoms. The quantitative estimate of drug-likeness (QED) is 0.202. The predicted octanol–water partition coefficient (Wildman–Crippen LogP) is 10.9. The molecule has 0 bridgehead atoms. The van der Waals surface area contributed by atoms with Gasteiger partial charge in [-0.1, -0.05) is 72.8 Å². The van der Waals surface area contributed by atoms with Crippen molar-refractivity contribution in [3.05, 3.63) is 145 Å². The Kier molecular flexibility index (Phi) is 7.27. The normalized spacial score (nSPS) is 11.5. The highest BCUT2D eigenvalue weighted by Crippen LogP contribution is 2.41. The molecule has 2 aromatic heterocycles. The summed E-state index contributed by atoms with van der Waals surface area (Å²) in [7, 11) is 0. The maximum Gasteiger partial charge on any atom is 0.416 e. The van der Waals surface area contributed by atoms with Crippen molar-refractivity contribution >= 4 is 38.6 Å². The van der Waals surface area contributed by atoms with Crippen molar-refractivity contribution in [1.82, 2.24) is 9.97 Å². The first-order chi connectivity index (χ1) is 21.8. The van der Waals surface area contributed by atoms with Crippen molar-refractivity contribution in [2.24, 2.45) is 0 Å². The van der Waals surface area contributed by atoms with Gasteiger partial charge in [-0.05, 0) is 66.7 Å². The molecule has 7 aromatic rings. The Labute approximate surface area is 261 Å². The molecule has 0 aliphatic carbocycles. The van der Waals surface area contributed by atoms with Crippen LogP contribution in [0.25, 0.3) is 43.3 Å². The maximum atomic E-state index is 14.3. The number of alkyl halides is 3. The van der Waals surface area contributed by atoms with Crippen molar-refractivity contribution in [2.45, 2.75) is 6.18 Å². The van der Waals surface area contributed by atoms with Crippen LogP contribution in [-0.2, 0) is 6.18 Å². The topological polar surface area (TPSA) is 49.3 Å². The molecule has 0 atom stereocenters. The first-order valence-electron chi connectivity index (χ1n) is 14.1. The van der Waals surface area contributed by atoms with E-state index in [0.29, 0.717) is 27.2 Å². The Balaban J connectivity index is 1.38. The molecule has 0 unspecified atom stereocenters. The third kappa shape index (κ3) is 5.63. The summed E-state index contributed by atoms with van der Waals surface area (Å²) >= 11 is 1.36. The van der Waals surface area contributed by atoms with E-state index in [1.165, 1.54) is 11.3 Å². The molecule has 0 aliphatic heterocycles. The van der Waals surface area contributed by atoms with E-state index in [0.717, 1.165) is 33.9 Å². The van der Waals surface area contributed by atoms with E-state index in [2.05, 4.69) is 4.90 Å². The van der Waals surface area contributed by atoms with E-state index >= 15 is 0 Å². The third-order valence-electron chi connectivity index (χ3n) is 7.41. The van der Waals surface area contributed by atoms with Crippen LogP contribution in [-0.4, -0.2) is 15.1 Å². The Morgan fingerprint density at radius 1 is 0.578 bits per heavy atom. The zero-order valence-corrected chi connectivity index (χ0v) is 24.4. The van der Waals surface area contributed by atoms with Crippen LogP contribution < -0.4 is 4.90 Å². The smallest absolute Gasteiger partial charge is 0.416 e. The largest absolute Gasteiger partial charge is 0.507 e. The van der Waals surface area contributed by atoms with Gasteiger partial charge in [-0.15, -0.1) is 11.3 Å². The van der Waals surface area contributed by atoms with Crippen LogP contribution in [0.1, 0.15) is 5.56 Å². The molecule has 7 rings (SSSR count). The number of rotatable bonds is 6. The van der Waals surface area contributed by atoms with Crippen molar-refractivity contribution in [2.75, 3.05) is 4.90 Å². The minimum absolute atomic E-state index is 0.0810. The number of aromatic hydroxyl groups is 1. The van der Waals surface area contributed by atoms with Gasteiger partial charge >= 0.3 is 6.18 Å². The van der Waals surface area contributed by atoms with Gasteiger partial charge in [-0.25, -0.2) is 9.97 Å². The van der Waals surface area contributed by atoms with Gasteiger partial charge < -0.3 is 10.0 Å². The Morgan fingerprint density at radius 2 is 1.18 bits per heavy atom.